The Bertz CT molecular complexity index is 542. The number of sulfonamides is 1. The molecule has 1 fully saturated rings. The van der Waals surface area contributed by atoms with Crippen molar-refractivity contribution in [3.05, 3.63) is 29.6 Å². The summed E-state index contributed by atoms with van der Waals surface area (Å²) in [4.78, 5) is -0.104. The molecule has 19 heavy (non-hydrogen) atoms. The van der Waals surface area contributed by atoms with Gasteiger partial charge in [-0.15, -0.1) is 0 Å². The molecule has 0 amide bonds. The van der Waals surface area contributed by atoms with Gasteiger partial charge in [0, 0.05) is 25.3 Å². The SMILES string of the molecule is NCc1c(F)cccc1S(=O)(=O)NCC1CCCO1. The molecule has 2 rings (SSSR count). The molecule has 1 aromatic carbocycles. The molecule has 1 heterocycles. The van der Waals surface area contributed by atoms with E-state index in [9.17, 15) is 12.8 Å². The van der Waals surface area contributed by atoms with E-state index in [1.807, 2.05) is 0 Å². The maximum atomic E-state index is 13.5. The fraction of sp³-hybridized carbons (Fsp3) is 0.500. The van der Waals surface area contributed by atoms with E-state index in [4.69, 9.17) is 10.5 Å². The summed E-state index contributed by atoms with van der Waals surface area (Å²) >= 11 is 0. The zero-order valence-electron chi connectivity index (χ0n) is 10.4. The van der Waals surface area contributed by atoms with Crippen LogP contribution in [0.1, 0.15) is 18.4 Å². The van der Waals surface area contributed by atoms with Crippen molar-refractivity contribution >= 4 is 10.0 Å². The predicted octanol–water partition coefficient (Wildman–Crippen LogP) is 0.742. The van der Waals surface area contributed by atoms with Crippen LogP contribution in [-0.2, 0) is 21.3 Å². The van der Waals surface area contributed by atoms with E-state index < -0.39 is 15.8 Å². The van der Waals surface area contributed by atoms with E-state index in [0.29, 0.717) is 6.61 Å². The Morgan fingerprint density at radius 3 is 2.89 bits per heavy atom. The first-order valence-electron chi connectivity index (χ1n) is 6.13. The van der Waals surface area contributed by atoms with Gasteiger partial charge in [0.1, 0.15) is 5.82 Å². The van der Waals surface area contributed by atoms with Crippen molar-refractivity contribution in [3.63, 3.8) is 0 Å². The maximum Gasteiger partial charge on any atom is 0.241 e. The van der Waals surface area contributed by atoms with Crippen LogP contribution in [0.25, 0.3) is 0 Å². The number of hydrogen-bond acceptors (Lipinski definition) is 4. The summed E-state index contributed by atoms with van der Waals surface area (Å²) in [6.07, 6.45) is 1.65. The topological polar surface area (TPSA) is 81.4 Å². The van der Waals surface area contributed by atoms with Crippen LogP contribution in [0.2, 0.25) is 0 Å². The van der Waals surface area contributed by atoms with Gasteiger partial charge in [-0.05, 0) is 25.0 Å². The Morgan fingerprint density at radius 1 is 1.47 bits per heavy atom. The van der Waals surface area contributed by atoms with E-state index in [-0.39, 0.29) is 29.7 Å². The fourth-order valence-electron chi connectivity index (χ4n) is 2.07. The molecule has 1 aromatic rings. The summed E-state index contributed by atoms with van der Waals surface area (Å²) in [7, 11) is -3.76. The quantitative estimate of drug-likeness (QED) is 0.837. The average molecular weight is 288 g/mol. The second-order valence-electron chi connectivity index (χ2n) is 4.41. The monoisotopic (exact) mass is 288 g/mol. The van der Waals surface area contributed by atoms with Crippen LogP contribution in [0.3, 0.4) is 0 Å². The lowest BCUT2D eigenvalue weighted by atomic mass is 10.2. The summed E-state index contributed by atoms with van der Waals surface area (Å²) in [6.45, 7) is 0.687. The Balaban J connectivity index is 2.16. The number of rotatable bonds is 5. The molecule has 1 aliphatic heterocycles. The molecule has 1 aliphatic rings. The summed E-state index contributed by atoms with van der Waals surface area (Å²) < 4.78 is 45.6. The highest BCUT2D eigenvalue weighted by Crippen LogP contribution is 2.19. The molecule has 5 nitrogen and oxygen atoms in total. The number of nitrogens with two attached hydrogens (primary N) is 1. The Hall–Kier alpha value is -1.02. The summed E-state index contributed by atoms with van der Waals surface area (Å²) in [5.41, 5.74) is 5.41. The first-order chi connectivity index (χ1) is 9.04. The lowest BCUT2D eigenvalue weighted by Gasteiger charge is -2.13. The molecule has 0 radical (unpaired) electrons. The highest BCUT2D eigenvalue weighted by atomic mass is 32.2. The largest absolute Gasteiger partial charge is 0.377 e. The summed E-state index contributed by atoms with van der Waals surface area (Å²) in [5.74, 6) is -0.609. The maximum absolute atomic E-state index is 13.5. The number of halogens is 1. The molecule has 0 spiro atoms. The molecular weight excluding hydrogens is 271 g/mol. The van der Waals surface area contributed by atoms with Gasteiger partial charge in [-0.25, -0.2) is 17.5 Å². The highest BCUT2D eigenvalue weighted by Gasteiger charge is 2.23. The van der Waals surface area contributed by atoms with E-state index in [1.165, 1.54) is 18.2 Å². The van der Waals surface area contributed by atoms with Gasteiger partial charge in [0.2, 0.25) is 10.0 Å². The van der Waals surface area contributed by atoms with E-state index in [1.54, 1.807) is 0 Å². The van der Waals surface area contributed by atoms with Crippen molar-refractivity contribution < 1.29 is 17.5 Å². The van der Waals surface area contributed by atoms with Gasteiger partial charge in [0.15, 0.2) is 0 Å². The third kappa shape index (κ3) is 3.30. The molecule has 0 bridgehead atoms. The smallest absolute Gasteiger partial charge is 0.241 e. The van der Waals surface area contributed by atoms with Crippen molar-refractivity contribution in [3.8, 4) is 0 Å². The van der Waals surface area contributed by atoms with Gasteiger partial charge >= 0.3 is 0 Å². The van der Waals surface area contributed by atoms with Gasteiger partial charge in [0.05, 0.1) is 11.0 Å². The van der Waals surface area contributed by atoms with E-state index in [0.717, 1.165) is 12.8 Å². The molecule has 3 N–H and O–H groups in total. The minimum absolute atomic E-state index is 0.00217. The zero-order chi connectivity index (χ0) is 13.9. The van der Waals surface area contributed by atoms with Crippen molar-refractivity contribution in [1.29, 1.82) is 0 Å². The van der Waals surface area contributed by atoms with Gasteiger partial charge < -0.3 is 10.5 Å². The first-order valence-corrected chi connectivity index (χ1v) is 7.61. The van der Waals surface area contributed by atoms with Crippen LogP contribution in [-0.4, -0.2) is 27.7 Å². The molecule has 0 saturated carbocycles. The number of benzene rings is 1. The average Bonchev–Trinajstić information content (AvgIpc) is 2.89. The molecule has 0 aliphatic carbocycles. The normalized spacial score (nSPS) is 19.8. The molecule has 0 aromatic heterocycles. The van der Waals surface area contributed by atoms with Crippen molar-refractivity contribution in [2.75, 3.05) is 13.2 Å². The predicted molar refractivity (Wildman–Crippen MR) is 68.5 cm³/mol. The van der Waals surface area contributed by atoms with Crippen LogP contribution in [0.15, 0.2) is 23.1 Å². The molecule has 106 valence electrons. The molecule has 1 atom stereocenters. The molecule has 1 unspecified atom stereocenters. The number of nitrogens with one attached hydrogen (secondary N) is 1. The van der Waals surface area contributed by atoms with Crippen LogP contribution < -0.4 is 10.5 Å². The number of ether oxygens (including phenoxy) is 1. The summed E-state index contributed by atoms with van der Waals surface area (Å²) in [6, 6.07) is 3.90. The van der Waals surface area contributed by atoms with Crippen LogP contribution in [0, 0.1) is 5.82 Å². The molecular formula is C12H17FN2O3S. The van der Waals surface area contributed by atoms with Gasteiger partial charge in [-0.3, -0.25) is 0 Å². The Labute approximate surface area is 112 Å². The number of hydrogen-bond donors (Lipinski definition) is 2. The lowest BCUT2D eigenvalue weighted by Crippen LogP contribution is -2.32. The van der Waals surface area contributed by atoms with Crippen molar-refractivity contribution in [2.24, 2.45) is 5.73 Å². The van der Waals surface area contributed by atoms with Crippen LogP contribution in [0.5, 0.6) is 0 Å². The molecule has 7 heteroatoms. The van der Waals surface area contributed by atoms with Crippen molar-refractivity contribution in [1.82, 2.24) is 4.72 Å². The van der Waals surface area contributed by atoms with E-state index >= 15 is 0 Å². The third-order valence-electron chi connectivity index (χ3n) is 3.09. The standard InChI is InChI=1S/C12H17FN2O3S/c13-11-4-1-5-12(10(11)7-14)19(16,17)15-8-9-3-2-6-18-9/h1,4-5,9,15H,2-3,6-8,14H2. The van der Waals surface area contributed by atoms with Crippen LogP contribution in [0.4, 0.5) is 4.39 Å². The molecule has 1 saturated heterocycles. The summed E-state index contributed by atoms with van der Waals surface area (Å²) in [5, 5.41) is 0. The highest BCUT2D eigenvalue weighted by molar-refractivity contribution is 7.89. The third-order valence-corrected chi connectivity index (χ3v) is 4.60. The van der Waals surface area contributed by atoms with Gasteiger partial charge in [-0.2, -0.15) is 0 Å². The lowest BCUT2D eigenvalue weighted by molar-refractivity contribution is 0.114. The zero-order valence-corrected chi connectivity index (χ0v) is 11.2. The van der Waals surface area contributed by atoms with E-state index in [2.05, 4.69) is 4.72 Å². The minimum Gasteiger partial charge on any atom is -0.377 e. The minimum atomic E-state index is -3.76. The fourth-order valence-corrected chi connectivity index (χ4v) is 3.40. The van der Waals surface area contributed by atoms with Gasteiger partial charge in [0.25, 0.3) is 0 Å². The van der Waals surface area contributed by atoms with Crippen molar-refractivity contribution in [2.45, 2.75) is 30.4 Å². The second-order valence-corrected chi connectivity index (χ2v) is 6.14. The first kappa shape index (κ1) is 14.4. The van der Waals surface area contributed by atoms with Gasteiger partial charge in [-0.1, -0.05) is 6.07 Å². The Kier molecular flexibility index (Phi) is 4.51. The van der Waals surface area contributed by atoms with Crippen LogP contribution >= 0.6 is 0 Å². The Morgan fingerprint density at radius 2 is 2.26 bits per heavy atom. The second kappa shape index (κ2) is 5.96.